The molecule has 0 saturated carbocycles. The molecule has 0 unspecified atom stereocenters. The zero-order chi connectivity index (χ0) is 10.8. The summed E-state index contributed by atoms with van der Waals surface area (Å²) in [6.45, 7) is 0. The molecule has 0 saturated heterocycles. The van der Waals surface area contributed by atoms with Crippen LogP contribution in [-0.4, -0.2) is 5.66 Å². The lowest BCUT2D eigenvalue weighted by molar-refractivity contribution is 0.592. The van der Waals surface area contributed by atoms with E-state index in [1.165, 1.54) is 0 Å². The second-order valence-electron chi connectivity index (χ2n) is 3.53. The first-order chi connectivity index (χ1) is 7.95. The molecule has 0 aromatic carbocycles. The summed E-state index contributed by atoms with van der Waals surface area (Å²) < 4.78 is 11.1. The molecule has 3 heteroatoms. The maximum absolute atomic E-state index is 5.53. The molecule has 0 aliphatic heterocycles. The Morgan fingerprint density at radius 3 is 1.88 bits per heavy atom. The Bertz CT molecular complexity index is 448. The highest BCUT2D eigenvalue weighted by molar-refractivity contribution is 7.73. The predicted octanol–water partition coefficient (Wildman–Crippen LogP) is 2.80. The molecule has 2 nitrogen and oxygen atoms in total. The normalized spacial score (nSPS) is 15.3. The zero-order valence-corrected chi connectivity index (χ0v) is 9.51. The Morgan fingerprint density at radius 1 is 0.875 bits per heavy atom. The number of allylic oxidation sites excluding steroid dienone is 4. The van der Waals surface area contributed by atoms with Crippen LogP contribution >= 0.6 is 7.92 Å². The minimum absolute atomic E-state index is 0.382. The first-order valence-corrected chi connectivity index (χ1v) is 6.57. The van der Waals surface area contributed by atoms with Gasteiger partial charge in [0, 0.05) is 13.6 Å². The van der Waals surface area contributed by atoms with Crippen LogP contribution in [0.15, 0.2) is 69.9 Å². The largest absolute Gasteiger partial charge is 0.464 e. The van der Waals surface area contributed by atoms with Gasteiger partial charge in [-0.3, -0.25) is 0 Å². The van der Waals surface area contributed by atoms with Gasteiger partial charge in [0.1, 0.15) is 11.0 Å². The molecule has 0 spiro atoms. The monoisotopic (exact) mass is 230 g/mol. The fourth-order valence-corrected chi connectivity index (χ4v) is 4.00. The van der Waals surface area contributed by atoms with E-state index < -0.39 is 7.92 Å². The zero-order valence-electron chi connectivity index (χ0n) is 8.61. The van der Waals surface area contributed by atoms with Crippen LogP contribution in [-0.2, 0) is 0 Å². The topological polar surface area (TPSA) is 26.3 Å². The second kappa shape index (κ2) is 4.15. The quantitative estimate of drug-likeness (QED) is 0.758. The third-order valence-corrected chi connectivity index (χ3v) is 4.91. The third-order valence-electron chi connectivity index (χ3n) is 2.51. The van der Waals surface area contributed by atoms with Crippen LogP contribution in [0.25, 0.3) is 0 Å². The summed E-state index contributed by atoms with van der Waals surface area (Å²) in [6, 6.07) is 7.90. The van der Waals surface area contributed by atoms with Gasteiger partial charge in [-0.1, -0.05) is 24.3 Å². The average molecular weight is 230 g/mol. The highest BCUT2D eigenvalue weighted by Crippen LogP contribution is 2.42. The van der Waals surface area contributed by atoms with E-state index in [0.29, 0.717) is 5.66 Å². The molecule has 16 heavy (non-hydrogen) atoms. The van der Waals surface area contributed by atoms with Crippen molar-refractivity contribution in [2.24, 2.45) is 0 Å². The van der Waals surface area contributed by atoms with Crippen molar-refractivity contribution in [1.29, 1.82) is 0 Å². The van der Waals surface area contributed by atoms with Gasteiger partial charge in [0.05, 0.1) is 12.5 Å². The fourth-order valence-electron chi connectivity index (χ4n) is 1.81. The van der Waals surface area contributed by atoms with Gasteiger partial charge in [0.25, 0.3) is 0 Å². The number of hydrogen-bond donors (Lipinski definition) is 0. The molecule has 1 aliphatic rings. The highest BCUT2D eigenvalue weighted by atomic mass is 31.1. The van der Waals surface area contributed by atoms with Gasteiger partial charge in [-0.05, 0) is 24.3 Å². The predicted molar refractivity (Wildman–Crippen MR) is 65.7 cm³/mol. The lowest BCUT2D eigenvalue weighted by atomic mass is 10.5. The molecule has 2 aromatic rings. The molecular formula is C13H11O2P. The van der Waals surface area contributed by atoms with Crippen molar-refractivity contribution < 1.29 is 8.83 Å². The van der Waals surface area contributed by atoms with E-state index in [0.717, 1.165) is 11.0 Å². The van der Waals surface area contributed by atoms with Crippen LogP contribution < -0.4 is 11.0 Å². The van der Waals surface area contributed by atoms with E-state index in [2.05, 4.69) is 24.3 Å². The van der Waals surface area contributed by atoms with Crippen molar-refractivity contribution in [3.05, 3.63) is 61.1 Å². The van der Waals surface area contributed by atoms with E-state index in [9.17, 15) is 0 Å². The summed E-state index contributed by atoms with van der Waals surface area (Å²) >= 11 is 0. The van der Waals surface area contributed by atoms with E-state index >= 15 is 0 Å². The highest BCUT2D eigenvalue weighted by Gasteiger charge is 2.26. The van der Waals surface area contributed by atoms with Crippen molar-refractivity contribution in [1.82, 2.24) is 0 Å². The average Bonchev–Trinajstić information content (AvgIpc) is 3.02. The molecule has 2 heterocycles. The van der Waals surface area contributed by atoms with E-state index in [4.69, 9.17) is 8.83 Å². The molecule has 0 atom stereocenters. The minimum Gasteiger partial charge on any atom is -0.464 e. The van der Waals surface area contributed by atoms with Gasteiger partial charge >= 0.3 is 0 Å². The molecule has 2 aromatic heterocycles. The molecule has 0 amide bonds. The first kappa shape index (κ1) is 9.68. The van der Waals surface area contributed by atoms with Crippen molar-refractivity contribution in [3.8, 4) is 0 Å². The molecular weight excluding hydrogens is 219 g/mol. The first-order valence-electron chi connectivity index (χ1n) is 5.16. The van der Waals surface area contributed by atoms with Gasteiger partial charge in [0.2, 0.25) is 0 Å². The van der Waals surface area contributed by atoms with Crippen LogP contribution in [0.5, 0.6) is 0 Å². The molecule has 80 valence electrons. The number of hydrogen-bond acceptors (Lipinski definition) is 2. The lowest BCUT2D eigenvalue weighted by Gasteiger charge is -2.16. The summed E-state index contributed by atoms with van der Waals surface area (Å²) in [4.78, 5) is 0. The summed E-state index contributed by atoms with van der Waals surface area (Å²) in [5.41, 5.74) is 2.39. The molecule has 0 bridgehead atoms. The lowest BCUT2D eigenvalue weighted by Crippen LogP contribution is -2.16. The standard InChI is InChI=1S/C13H11O2P/c1-2-6-11(5-1)16(12-7-3-9-14-12)13-8-4-10-15-13/h1-11H. The number of rotatable bonds is 3. The Kier molecular flexibility index (Phi) is 2.51. The Morgan fingerprint density at radius 2 is 1.44 bits per heavy atom. The maximum Gasteiger partial charge on any atom is 0.134 e. The Hall–Kier alpha value is -1.53. The third kappa shape index (κ3) is 1.66. The smallest absolute Gasteiger partial charge is 0.134 e. The minimum atomic E-state index is -0.585. The van der Waals surface area contributed by atoms with E-state index in [1.54, 1.807) is 12.5 Å². The summed E-state index contributed by atoms with van der Waals surface area (Å²) in [5, 5.41) is 0. The van der Waals surface area contributed by atoms with Crippen LogP contribution in [0.2, 0.25) is 0 Å². The van der Waals surface area contributed by atoms with Crippen molar-refractivity contribution >= 4 is 18.9 Å². The van der Waals surface area contributed by atoms with E-state index in [1.807, 2.05) is 24.3 Å². The maximum atomic E-state index is 5.53. The van der Waals surface area contributed by atoms with Gasteiger partial charge in [-0.2, -0.15) is 0 Å². The van der Waals surface area contributed by atoms with Crippen LogP contribution in [0.4, 0.5) is 0 Å². The molecule has 1 aliphatic carbocycles. The van der Waals surface area contributed by atoms with Crippen molar-refractivity contribution in [3.63, 3.8) is 0 Å². The summed E-state index contributed by atoms with van der Waals surface area (Å²) in [5.74, 6) is 0. The molecule has 0 radical (unpaired) electrons. The van der Waals surface area contributed by atoms with Crippen LogP contribution in [0.3, 0.4) is 0 Å². The molecule has 0 fully saturated rings. The van der Waals surface area contributed by atoms with Gasteiger partial charge in [0.15, 0.2) is 0 Å². The van der Waals surface area contributed by atoms with Crippen LogP contribution in [0, 0.1) is 0 Å². The molecule has 3 rings (SSSR count). The Balaban J connectivity index is 2.01. The number of furan rings is 2. The molecule has 0 N–H and O–H groups in total. The summed E-state index contributed by atoms with van der Waals surface area (Å²) in [6.07, 6.45) is 12.0. The van der Waals surface area contributed by atoms with Crippen molar-refractivity contribution in [2.75, 3.05) is 0 Å². The Labute approximate surface area is 95.0 Å². The van der Waals surface area contributed by atoms with Crippen LogP contribution in [0.1, 0.15) is 0 Å². The van der Waals surface area contributed by atoms with Gasteiger partial charge < -0.3 is 8.83 Å². The summed E-state index contributed by atoms with van der Waals surface area (Å²) in [7, 11) is -0.585. The van der Waals surface area contributed by atoms with Gasteiger partial charge in [-0.25, -0.2) is 0 Å². The fraction of sp³-hybridized carbons (Fsp3) is 0.0769. The van der Waals surface area contributed by atoms with Crippen molar-refractivity contribution in [2.45, 2.75) is 5.66 Å². The van der Waals surface area contributed by atoms with E-state index in [-0.39, 0.29) is 0 Å². The van der Waals surface area contributed by atoms with Gasteiger partial charge in [-0.15, -0.1) is 0 Å². The SMILES string of the molecule is C1=CC(P(c2ccco2)c2ccco2)C=C1. The second-order valence-corrected chi connectivity index (χ2v) is 5.75.